The summed E-state index contributed by atoms with van der Waals surface area (Å²) in [6.45, 7) is 6.66. The van der Waals surface area contributed by atoms with Gasteiger partial charge in [0.05, 0.1) is 0 Å². The van der Waals surface area contributed by atoms with Crippen molar-refractivity contribution in [2.24, 2.45) is 5.41 Å². The van der Waals surface area contributed by atoms with E-state index in [2.05, 4.69) is 13.8 Å². The summed E-state index contributed by atoms with van der Waals surface area (Å²) in [5.74, 6) is 0. The van der Waals surface area contributed by atoms with E-state index in [0.29, 0.717) is 0 Å². The van der Waals surface area contributed by atoms with Crippen molar-refractivity contribution in [2.45, 2.75) is 33.1 Å². The Kier molecular flexibility index (Phi) is 8.14. The molecule has 0 aromatic carbocycles. The third-order valence-electron chi connectivity index (χ3n) is 2.72. The predicted octanol–water partition coefficient (Wildman–Crippen LogP) is 1.84. The third kappa shape index (κ3) is 6.35. The van der Waals surface area contributed by atoms with E-state index >= 15 is 0 Å². The highest BCUT2D eigenvalue weighted by atomic mass is 16.5. The van der Waals surface area contributed by atoms with Crippen molar-refractivity contribution in [3.63, 3.8) is 0 Å². The standard InChI is InChI=1S/C11H24O3/c1-4-11(2,10-12)6-9-14-8-5-7-13-3/h12H,4-10H2,1-3H3. The SMILES string of the molecule is CCC(C)(CO)CCOCCCOC. The lowest BCUT2D eigenvalue weighted by molar-refractivity contribution is 0.0553. The molecule has 0 aliphatic rings. The molecule has 0 heterocycles. The molecule has 86 valence electrons. The largest absolute Gasteiger partial charge is 0.396 e. The van der Waals surface area contributed by atoms with Crippen LogP contribution in [0, 0.1) is 5.41 Å². The second kappa shape index (κ2) is 8.21. The highest BCUT2D eigenvalue weighted by Gasteiger charge is 2.20. The van der Waals surface area contributed by atoms with Gasteiger partial charge in [0.2, 0.25) is 0 Å². The van der Waals surface area contributed by atoms with Crippen LogP contribution in [0.3, 0.4) is 0 Å². The Hall–Kier alpha value is -0.120. The van der Waals surface area contributed by atoms with Crippen molar-refractivity contribution in [2.75, 3.05) is 33.5 Å². The van der Waals surface area contributed by atoms with Crippen LogP contribution in [0.2, 0.25) is 0 Å². The Morgan fingerprint density at radius 2 is 1.93 bits per heavy atom. The zero-order valence-corrected chi connectivity index (χ0v) is 9.71. The molecule has 0 radical (unpaired) electrons. The molecule has 0 aliphatic carbocycles. The molecule has 0 aliphatic heterocycles. The Morgan fingerprint density at radius 1 is 1.21 bits per heavy atom. The van der Waals surface area contributed by atoms with Crippen LogP contribution in [0.25, 0.3) is 0 Å². The molecule has 0 aromatic rings. The van der Waals surface area contributed by atoms with Gasteiger partial charge in [0.1, 0.15) is 0 Å². The van der Waals surface area contributed by atoms with Gasteiger partial charge in [0, 0.05) is 33.5 Å². The Labute approximate surface area is 87.4 Å². The highest BCUT2D eigenvalue weighted by molar-refractivity contribution is 4.70. The van der Waals surface area contributed by atoms with E-state index in [0.717, 1.165) is 39.1 Å². The van der Waals surface area contributed by atoms with Crippen molar-refractivity contribution in [3.8, 4) is 0 Å². The molecular formula is C11H24O3. The van der Waals surface area contributed by atoms with Crippen molar-refractivity contribution in [1.29, 1.82) is 0 Å². The fraction of sp³-hybridized carbons (Fsp3) is 1.00. The number of hydrogen-bond donors (Lipinski definition) is 1. The summed E-state index contributed by atoms with van der Waals surface area (Å²) in [4.78, 5) is 0. The van der Waals surface area contributed by atoms with Crippen molar-refractivity contribution >= 4 is 0 Å². The average molecular weight is 204 g/mol. The first-order chi connectivity index (χ1) is 6.68. The van der Waals surface area contributed by atoms with Gasteiger partial charge in [-0.25, -0.2) is 0 Å². The molecule has 0 bridgehead atoms. The van der Waals surface area contributed by atoms with Crippen molar-refractivity contribution < 1.29 is 14.6 Å². The molecule has 0 amide bonds. The van der Waals surface area contributed by atoms with Gasteiger partial charge in [0.25, 0.3) is 0 Å². The molecule has 0 spiro atoms. The van der Waals surface area contributed by atoms with Crippen LogP contribution in [-0.4, -0.2) is 38.6 Å². The summed E-state index contributed by atoms with van der Waals surface area (Å²) < 4.78 is 10.4. The third-order valence-corrected chi connectivity index (χ3v) is 2.72. The molecule has 0 fully saturated rings. The first-order valence-electron chi connectivity index (χ1n) is 5.36. The van der Waals surface area contributed by atoms with E-state index in [1.807, 2.05) is 0 Å². The fourth-order valence-electron chi connectivity index (χ4n) is 1.09. The number of hydrogen-bond acceptors (Lipinski definition) is 3. The van der Waals surface area contributed by atoms with E-state index < -0.39 is 0 Å². The summed E-state index contributed by atoms with van der Waals surface area (Å²) in [6, 6.07) is 0. The first-order valence-corrected chi connectivity index (χ1v) is 5.36. The maximum atomic E-state index is 9.15. The summed E-state index contributed by atoms with van der Waals surface area (Å²) in [5, 5.41) is 9.15. The van der Waals surface area contributed by atoms with E-state index in [4.69, 9.17) is 14.6 Å². The molecule has 3 nitrogen and oxygen atoms in total. The van der Waals surface area contributed by atoms with Crippen molar-refractivity contribution in [3.05, 3.63) is 0 Å². The van der Waals surface area contributed by atoms with E-state index in [1.54, 1.807) is 7.11 Å². The molecule has 14 heavy (non-hydrogen) atoms. The molecule has 3 heteroatoms. The number of aliphatic hydroxyl groups is 1. The zero-order chi connectivity index (χ0) is 10.9. The van der Waals surface area contributed by atoms with E-state index in [9.17, 15) is 0 Å². The minimum atomic E-state index is 0.0290. The minimum Gasteiger partial charge on any atom is -0.396 e. The van der Waals surface area contributed by atoms with Gasteiger partial charge in [-0.1, -0.05) is 13.8 Å². The van der Waals surface area contributed by atoms with Crippen LogP contribution in [0.4, 0.5) is 0 Å². The number of rotatable bonds is 9. The quantitative estimate of drug-likeness (QED) is 0.582. The summed E-state index contributed by atoms with van der Waals surface area (Å²) in [6.07, 6.45) is 2.86. The molecular weight excluding hydrogens is 180 g/mol. The van der Waals surface area contributed by atoms with Crippen LogP contribution < -0.4 is 0 Å². The van der Waals surface area contributed by atoms with Gasteiger partial charge in [-0.3, -0.25) is 0 Å². The monoisotopic (exact) mass is 204 g/mol. The smallest absolute Gasteiger partial charge is 0.0487 e. The average Bonchev–Trinajstić information content (AvgIpc) is 2.23. The number of aliphatic hydroxyl groups excluding tert-OH is 1. The van der Waals surface area contributed by atoms with Gasteiger partial charge < -0.3 is 14.6 Å². The molecule has 0 saturated carbocycles. The summed E-state index contributed by atoms with van der Waals surface area (Å²) in [7, 11) is 1.69. The Bertz CT molecular complexity index is 122. The van der Waals surface area contributed by atoms with Crippen molar-refractivity contribution in [1.82, 2.24) is 0 Å². The minimum absolute atomic E-state index is 0.0290. The summed E-state index contributed by atoms with van der Waals surface area (Å²) in [5.41, 5.74) is 0.0290. The van der Waals surface area contributed by atoms with Gasteiger partial charge in [-0.15, -0.1) is 0 Å². The molecule has 1 atom stereocenters. The lowest BCUT2D eigenvalue weighted by Crippen LogP contribution is -2.22. The van der Waals surface area contributed by atoms with Gasteiger partial charge in [0.15, 0.2) is 0 Å². The summed E-state index contributed by atoms with van der Waals surface area (Å²) >= 11 is 0. The lowest BCUT2D eigenvalue weighted by atomic mass is 9.85. The molecule has 1 unspecified atom stereocenters. The van der Waals surface area contributed by atoms with Gasteiger partial charge in [-0.05, 0) is 24.7 Å². The number of methoxy groups -OCH3 is 1. The van der Waals surface area contributed by atoms with E-state index in [-0.39, 0.29) is 12.0 Å². The zero-order valence-electron chi connectivity index (χ0n) is 9.71. The second-order valence-electron chi connectivity index (χ2n) is 4.03. The van der Waals surface area contributed by atoms with Crippen LogP contribution >= 0.6 is 0 Å². The second-order valence-corrected chi connectivity index (χ2v) is 4.03. The highest BCUT2D eigenvalue weighted by Crippen LogP contribution is 2.24. The topological polar surface area (TPSA) is 38.7 Å². The molecule has 0 rings (SSSR count). The molecule has 0 aromatic heterocycles. The Morgan fingerprint density at radius 3 is 2.43 bits per heavy atom. The first kappa shape index (κ1) is 13.9. The fourth-order valence-corrected chi connectivity index (χ4v) is 1.09. The van der Waals surface area contributed by atoms with Crippen LogP contribution in [0.15, 0.2) is 0 Å². The van der Waals surface area contributed by atoms with E-state index in [1.165, 1.54) is 0 Å². The van der Waals surface area contributed by atoms with Crippen LogP contribution in [0.5, 0.6) is 0 Å². The van der Waals surface area contributed by atoms with Crippen LogP contribution in [-0.2, 0) is 9.47 Å². The Balaban J connectivity index is 3.34. The van der Waals surface area contributed by atoms with Gasteiger partial charge >= 0.3 is 0 Å². The number of ether oxygens (including phenoxy) is 2. The predicted molar refractivity (Wildman–Crippen MR) is 57.4 cm³/mol. The maximum absolute atomic E-state index is 9.15. The normalized spacial score (nSPS) is 15.4. The van der Waals surface area contributed by atoms with Crippen LogP contribution in [0.1, 0.15) is 33.1 Å². The molecule has 1 N–H and O–H groups in total. The molecule has 0 saturated heterocycles. The van der Waals surface area contributed by atoms with Gasteiger partial charge in [-0.2, -0.15) is 0 Å². The lowest BCUT2D eigenvalue weighted by Gasteiger charge is -2.25. The maximum Gasteiger partial charge on any atom is 0.0487 e.